The topological polar surface area (TPSA) is 9.23 Å². The van der Waals surface area contributed by atoms with Crippen LogP contribution in [0.15, 0.2) is 54.1 Å². The summed E-state index contributed by atoms with van der Waals surface area (Å²) in [5.74, 6) is 1.50. The Kier molecular flexibility index (Phi) is 2.12. The Morgan fingerprint density at radius 3 is 2.74 bits per heavy atom. The van der Waals surface area contributed by atoms with Crippen molar-refractivity contribution >= 4 is 5.57 Å². The Morgan fingerprint density at radius 1 is 1.21 bits per heavy atom. The molecule has 19 heavy (non-hydrogen) atoms. The number of ether oxygens (including phenoxy) is 1. The molecule has 96 valence electrons. The number of hydrogen-bond donors (Lipinski definition) is 0. The summed E-state index contributed by atoms with van der Waals surface area (Å²) in [5, 5.41) is 0. The molecule has 1 nitrogen and oxygen atoms in total. The van der Waals surface area contributed by atoms with Crippen LogP contribution in [0.3, 0.4) is 0 Å². The van der Waals surface area contributed by atoms with E-state index < -0.39 is 0 Å². The van der Waals surface area contributed by atoms with E-state index >= 15 is 0 Å². The van der Waals surface area contributed by atoms with Gasteiger partial charge in [0.1, 0.15) is 5.75 Å². The third-order valence-electron chi connectivity index (χ3n) is 5.08. The second-order valence-corrected chi connectivity index (χ2v) is 5.88. The van der Waals surface area contributed by atoms with Crippen LogP contribution in [0.5, 0.6) is 5.75 Å². The zero-order chi connectivity index (χ0) is 13.0. The van der Waals surface area contributed by atoms with E-state index in [1.54, 1.807) is 7.11 Å². The van der Waals surface area contributed by atoms with Gasteiger partial charge in [0, 0.05) is 11.3 Å². The van der Waals surface area contributed by atoms with Gasteiger partial charge in [-0.05, 0) is 53.7 Å². The number of benzene rings is 1. The Hall–Kier alpha value is -1.76. The Morgan fingerprint density at radius 2 is 2.00 bits per heavy atom. The molecule has 1 aromatic carbocycles. The molecule has 3 aliphatic rings. The molecule has 2 atom stereocenters. The zero-order valence-electron chi connectivity index (χ0n) is 11.3. The maximum Gasteiger partial charge on any atom is 0.118 e. The van der Waals surface area contributed by atoms with Crippen molar-refractivity contribution in [2.45, 2.75) is 19.3 Å². The molecule has 0 radical (unpaired) electrons. The number of rotatable bonds is 2. The largest absolute Gasteiger partial charge is 0.497 e. The highest BCUT2D eigenvalue weighted by Crippen LogP contribution is 2.66. The van der Waals surface area contributed by atoms with Crippen LogP contribution >= 0.6 is 0 Å². The summed E-state index contributed by atoms with van der Waals surface area (Å²) in [7, 11) is 1.71. The van der Waals surface area contributed by atoms with Crippen LogP contribution in [0.2, 0.25) is 0 Å². The first-order valence-electron chi connectivity index (χ1n) is 7.01. The Labute approximate surface area is 114 Å². The normalized spacial score (nSPS) is 31.2. The van der Waals surface area contributed by atoms with E-state index in [2.05, 4.69) is 43.0 Å². The summed E-state index contributed by atoms with van der Waals surface area (Å²) in [4.78, 5) is 0. The van der Waals surface area contributed by atoms with Crippen LogP contribution < -0.4 is 4.74 Å². The summed E-state index contributed by atoms with van der Waals surface area (Å²) in [6, 6.07) is 8.51. The smallest absolute Gasteiger partial charge is 0.118 e. The summed E-state index contributed by atoms with van der Waals surface area (Å²) in [6.45, 7) is 4.30. The molecule has 1 heteroatoms. The van der Waals surface area contributed by atoms with Crippen molar-refractivity contribution in [3.8, 4) is 5.75 Å². The van der Waals surface area contributed by atoms with Gasteiger partial charge >= 0.3 is 0 Å². The van der Waals surface area contributed by atoms with E-state index in [-0.39, 0.29) is 5.41 Å². The number of fused-ring (bicyclic) bond motifs is 1. The summed E-state index contributed by atoms with van der Waals surface area (Å²) < 4.78 is 5.25. The van der Waals surface area contributed by atoms with Crippen LogP contribution in [0.25, 0.3) is 5.57 Å². The summed E-state index contributed by atoms with van der Waals surface area (Å²) in [5.41, 5.74) is 6.07. The van der Waals surface area contributed by atoms with Crippen molar-refractivity contribution in [3.63, 3.8) is 0 Å². The molecule has 4 rings (SSSR count). The van der Waals surface area contributed by atoms with Gasteiger partial charge in [0.25, 0.3) is 0 Å². The molecule has 1 unspecified atom stereocenters. The third-order valence-corrected chi connectivity index (χ3v) is 5.08. The van der Waals surface area contributed by atoms with E-state index in [0.717, 1.165) is 5.75 Å². The molecule has 1 saturated carbocycles. The Balaban J connectivity index is 1.80. The first kappa shape index (κ1) is 11.1. The minimum absolute atomic E-state index is 0.288. The second-order valence-electron chi connectivity index (χ2n) is 5.88. The van der Waals surface area contributed by atoms with Gasteiger partial charge in [-0.25, -0.2) is 0 Å². The van der Waals surface area contributed by atoms with Gasteiger partial charge in [0.2, 0.25) is 0 Å². The lowest BCUT2D eigenvalue weighted by Crippen LogP contribution is -2.16. The van der Waals surface area contributed by atoms with E-state index in [0.29, 0.717) is 5.92 Å². The monoisotopic (exact) mass is 250 g/mol. The quantitative estimate of drug-likeness (QED) is 0.757. The van der Waals surface area contributed by atoms with Gasteiger partial charge in [-0.1, -0.05) is 30.9 Å². The van der Waals surface area contributed by atoms with Crippen molar-refractivity contribution in [3.05, 3.63) is 59.7 Å². The highest BCUT2D eigenvalue weighted by Gasteiger charge is 2.53. The SMILES string of the molecule is C=C1C2=CCC[C@]23CC1C=C3c1ccc(OC)cc1. The minimum atomic E-state index is 0.288. The van der Waals surface area contributed by atoms with Crippen LogP contribution in [0.4, 0.5) is 0 Å². The molecule has 1 fully saturated rings. The average molecular weight is 250 g/mol. The summed E-state index contributed by atoms with van der Waals surface area (Å²) in [6.07, 6.45) is 8.58. The van der Waals surface area contributed by atoms with Gasteiger partial charge < -0.3 is 4.74 Å². The number of allylic oxidation sites excluding steroid dienone is 5. The lowest BCUT2D eigenvalue weighted by atomic mass is 9.74. The molecular formula is C18H18O. The van der Waals surface area contributed by atoms with E-state index in [4.69, 9.17) is 4.74 Å². The molecule has 0 saturated heterocycles. The second kappa shape index (κ2) is 3.63. The molecule has 2 bridgehead atoms. The van der Waals surface area contributed by atoms with Gasteiger partial charge in [-0.15, -0.1) is 0 Å². The number of hydrogen-bond acceptors (Lipinski definition) is 1. The highest BCUT2D eigenvalue weighted by atomic mass is 16.5. The lowest BCUT2D eigenvalue weighted by molar-refractivity contribution is 0.414. The van der Waals surface area contributed by atoms with Gasteiger partial charge in [0.05, 0.1) is 7.11 Å². The zero-order valence-corrected chi connectivity index (χ0v) is 11.3. The van der Waals surface area contributed by atoms with Crippen molar-refractivity contribution in [1.29, 1.82) is 0 Å². The molecular weight excluding hydrogens is 232 g/mol. The molecule has 3 aliphatic carbocycles. The van der Waals surface area contributed by atoms with Crippen LogP contribution in [0.1, 0.15) is 24.8 Å². The standard InChI is InChI=1S/C18H18O/c1-12-14-10-17(13-5-7-15(19-2)8-6-13)18(11-14)9-3-4-16(12)18/h4-8,10,14H,1,3,9,11H2,2H3/t14?,18-/m0/s1. The maximum atomic E-state index is 5.25. The maximum absolute atomic E-state index is 5.25. The molecule has 0 amide bonds. The fraction of sp³-hybridized carbons (Fsp3) is 0.333. The predicted molar refractivity (Wildman–Crippen MR) is 78.0 cm³/mol. The minimum Gasteiger partial charge on any atom is -0.497 e. The van der Waals surface area contributed by atoms with Crippen molar-refractivity contribution in [1.82, 2.24) is 0 Å². The van der Waals surface area contributed by atoms with Crippen molar-refractivity contribution in [2.75, 3.05) is 7.11 Å². The van der Waals surface area contributed by atoms with Crippen LogP contribution in [-0.4, -0.2) is 7.11 Å². The first-order chi connectivity index (χ1) is 9.24. The van der Waals surface area contributed by atoms with Crippen molar-refractivity contribution < 1.29 is 4.74 Å². The Bertz CT molecular complexity index is 618. The molecule has 0 aliphatic heterocycles. The number of methoxy groups -OCH3 is 1. The fourth-order valence-corrected chi connectivity index (χ4v) is 4.19. The third kappa shape index (κ3) is 1.30. The van der Waals surface area contributed by atoms with Gasteiger partial charge in [-0.3, -0.25) is 0 Å². The fourth-order valence-electron chi connectivity index (χ4n) is 4.19. The highest BCUT2D eigenvalue weighted by molar-refractivity contribution is 5.82. The van der Waals surface area contributed by atoms with E-state index in [1.165, 1.54) is 41.5 Å². The van der Waals surface area contributed by atoms with E-state index in [9.17, 15) is 0 Å². The van der Waals surface area contributed by atoms with E-state index in [1.807, 2.05) is 0 Å². The van der Waals surface area contributed by atoms with Crippen LogP contribution in [-0.2, 0) is 0 Å². The van der Waals surface area contributed by atoms with Gasteiger partial charge in [0.15, 0.2) is 0 Å². The van der Waals surface area contributed by atoms with Gasteiger partial charge in [-0.2, -0.15) is 0 Å². The predicted octanol–water partition coefficient (Wildman–Crippen LogP) is 4.37. The van der Waals surface area contributed by atoms with Crippen LogP contribution in [0, 0.1) is 11.3 Å². The average Bonchev–Trinajstić information content (AvgIpc) is 3.10. The lowest BCUT2D eigenvalue weighted by Gasteiger charge is -2.29. The molecule has 1 aromatic rings. The molecule has 0 aromatic heterocycles. The molecule has 0 heterocycles. The summed E-state index contributed by atoms with van der Waals surface area (Å²) >= 11 is 0. The molecule has 0 N–H and O–H groups in total. The molecule has 1 spiro atoms. The first-order valence-corrected chi connectivity index (χ1v) is 7.01. The van der Waals surface area contributed by atoms with Crippen molar-refractivity contribution in [2.24, 2.45) is 11.3 Å².